The second-order valence-corrected chi connectivity index (χ2v) is 7.92. The van der Waals surface area contributed by atoms with Crippen LogP contribution in [0.2, 0.25) is 0 Å². The van der Waals surface area contributed by atoms with E-state index in [1.54, 1.807) is 0 Å². The summed E-state index contributed by atoms with van der Waals surface area (Å²) in [6.45, 7) is 2.12. The number of thiophene rings is 1. The summed E-state index contributed by atoms with van der Waals surface area (Å²) in [4.78, 5) is 1.74. The van der Waals surface area contributed by atoms with Crippen LogP contribution in [0.5, 0.6) is 0 Å². The standard InChI is InChI=1S/C13H13FN2O2S3/c1-8-2-3-9(20-8)7-16-21(17,18)10-4-5-12(14)11(6-10)13(15)19/h2-6,16H,7H2,1H3,(H2,15,19). The van der Waals surface area contributed by atoms with E-state index in [4.69, 9.17) is 18.0 Å². The molecule has 0 spiro atoms. The molecule has 0 saturated carbocycles. The van der Waals surface area contributed by atoms with Crippen molar-refractivity contribution in [3.63, 3.8) is 0 Å². The van der Waals surface area contributed by atoms with Crippen LogP contribution in [0.1, 0.15) is 15.3 Å². The molecule has 0 atom stereocenters. The number of aryl methyl sites for hydroxylation is 1. The van der Waals surface area contributed by atoms with Crippen molar-refractivity contribution in [3.05, 3.63) is 51.5 Å². The van der Waals surface area contributed by atoms with Crippen LogP contribution >= 0.6 is 23.6 Å². The van der Waals surface area contributed by atoms with Gasteiger partial charge in [-0.15, -0.1) is 11.3 Å². The zero-order valence-corrected chi connectivity index (χ0v) is 13.5. The molecule has 1 aromatic carbocycles. The summed E-state index contributed by atoms with van der Waals surface area (Å²) in [6, 6.07) is 7.13. The monoisotopic (exact) mass is 344 g/mol. The van der Waals surface area contributed by atoms with Crippen LogP contribution in [0, 0.1) is 12.7 Å². The lowest BCUT2D eigenvalue weighted by Crippen LogP contribution is -2.23. The summed E-state index contributed by atoms with van der Waals surface area (Å²) in [5.41, 5.74) is 5.29. The Balaban J connectivity index is 2.23. The predicted molar refractivity (Wildman–Crippen MR) is 85.4 cm³/mol. The van der Waals surface area contributed by atoms with Crippen molar-refractivity contribution in [2.75, 3.05) is 0 Å². The highest BCUT2D eigenvalue weighted by Gasteiger charge is 2.17. The van der Waals surface area contributed by atoms with E-state index in [9.17, 15) is 12.8 Å². The molecule has 0 aliphatic carbocycles. The molecular weight excluding hydrogens is 331 g/mol. The van der Waals surface area contributed by atoms with Gasteiger partial charge in [0, 0.05) is 21.9 Å². The Hall–Kier alpha value is -1.35. The number of rotatable bonds is 5. The van der Waals surface area contributed by atoms with Gasteiger partial charge in [-0.1, -0.05) is 12.2 Å². The number of halogens is 1. The van der Waals surface area contributed by atoms with Gasteiger partial charge >= 0.3 is 0 Å². The van der Waals surface area contributed by atoms with E-state index >= 15 is 0 Å². The van der Waals surface area contributed by atoms with Crippen molar-refractivity contribution in [1.29, 1.82) is 0 Å². The highest BCUT2D eigenvalue weighted by molar-refractivity contribution is 7.89. The van der Waals surface area contributed by atoms with Crippen LogP contribution in [0.25, 0.3) is 0 Å². The van der Waals surface area contributed by atoms with E-state index in [0.717, 1.165) is 21.9 Å². The first-order valence-electron chi connectivity index (χ1n) is 5.94. The predicted octanol–water partition coefficient (Wildman–Crippen LogP) is 2.31. The maximum Gasteiger partial charge on any atom is 0.240 e. The van der Waals surface area contributed by atoms with Gasteiger partial charge in [-0.2, -0.15) is 0 Å². The van der Waals surface area contributed by atoms with Gasteiger partial charge in [-0.05, 0) is 37.3 Å². The Labute approximate surface area is 131 Å². The lowest BCUT2D eigenvalue weighted by Gasteiger charge is -2.08. The van der Waals surface area contributed by atoms with Crippen molar-refractivity contribution in [2.45, 2.75) is 18.4 Å². The number of nitrogens with one attached hydrogen (secondary N) is 1. The average molecular weight is 344 g/mol. The Morgan fingerprint density at radius 1 is 1.38 bits per heavy atom. The number of benzene rings is 1. The fourth-order valence-corrected chi connectivity index (χ4v) is 3.80. The fraction of sp³-hybridized carbons (Fsp3) is 0.154. The van der Waals surface area contributed by atoms with E-state index in [1.165, 1.54) is 17.4 Å². The first-order valence-corrected chi connectivity index (χ1v) is 8.65. The minimum absolute atomic E-state index is 0.0695. The van der Waals surface area contributed by atoms with Gasteiger partial charge in [0.05, 0.1) is 4.90 Å². The summed E-state index contributed by atoms with van der Waals surface area (Å²) in [5, 5.41) is 0. The normalized spacial score (nSPS) is 11.5. The minimum Gasteiger partial charge on any atom is -0.389 e. The molecule has 2 aromatic rings. The summed E-state index contributed by atoms with van der Waals surface area (Å²) >= 11 is 6.21. The van der Waals surface area contributed by atoms with E-state index in [1.807, 2.05) is 19.1 Å². The molecule has 8 heteroatoms. The highest BCUT2D eigenvalue weighted by atomic mass is 32.2. The number of hydrogen-bond donors (Lipinski definition) is 2. The molecule has 21 heavy (non-hydrogen) atoms. The SMILES string of the molecule is Cc1ccc(CNS(=O)(=O)c2ccc(F)c(C(N)=S)c2)s1. The molecular formula is C13H13FN2O2S3. The molecule has 2 rings (SSSR count). The quantitative estimate of drug-likeness (QED) is 0.817. The van der Waals surface area contributed by atoms with Gasteiger partial charge in [-0.3, -0.25) is 0 Å². The van der Waals surface area contributed by atoms with Crippen LogP contribution in [-0.2, 0) is 16.6 Å². The van der Waals surface area contributed by atoms with Crippen LogP contribution in [0.15, 0.2) is 35.2 Å². The first-order chi connectivity index (χ1) is 9.79. The average Bonchev–Trinajstić information content (AvgIpc) is 2.82. The van der Waals surface area contributed by atoms with Gasteiger partial charge in [0.25, 0.3) is 0 Å². The molecule has 0 aliphatic rings. The number of thiocarbonyl (C=S) groups is 1. The lowest BCUT2D eigenvalue weighted by molar-refractivity contribution is 0.580. The van der Waals surface area contributed by atoms with Crippen LogP contribution in [-0.4, -0.2) is 13.4 Å². The molecule has 0 saturated heterocycles. The molecule has 0 amide bonds. The topological polar surface area (TPSA) is 72.2 Å². The minimum atomic E-state index is -3.75. The maximum absolute atomic E-state index is 13.5. The Morgan fingerprint density at radius 3 is 2.67 bits per heavy atom. The number of nitrogens with two attached hydrogens (primary N) is 1. The summed E-state index contributed by atoms with van der Waals surface area (Å²) in [5.74, 6) is -0.643. The third kappa shape index (κ3) is 3.85. The Bertz CT molecular complexity index is 784. The third-order valence-corrected chi connectivity index (χ3v) is 5.37. The number of sulfonamides is 1. The van der Waals surface area contributed by atoms with Gasteiger partial charge in [-0.25, -0.2) is 17.5 Å². The van der Waals surface area contributed by atoms with Gasteiger partial charge < -0.3 is 5.73 Å². The molecule has 112 valence electrons. The Kier molecular flexibility index (Phi) is 4.72. The van der Waals surface area contributed by atoms with E-state index in [0.29, 0.717) is 0 Å². The van der Waals surface area contributed by atoms with Gasteiger partial charge in [0.15, 0.2) is 0 Å². The molecule has 0 bridgehead atoms. The summed E-state index contributed by atoms with van der Waals surface area (Å²) < 4.78 is 40.3. The van der Waals surface area contributed by atoms with Crippen LogP contribution in [0.3, 0.4) is 0 Å². The molecule has 1 aromatic heterocycles. The third-order valence-electron chi connectivity index (χ3n) is 2.75. The van der Waals surface area contributed by atoms with Crippen LogP contribution < -0.4 is 10.5 Å². The van der Waals surface area contributed by atoms with Crippen LogP contribution in [0.4, 0.5) is 4.39 Å². The highest BCUT2D eigenvalue weighted by Crippen LogP contribution is 2.18. The summed E-state index contributed by atoms with van der Waals surface area (Å²) in [7, 11) is -3.75. The first kappa shape index (κ1) is 16.0. The number of hydrogen-bond acceptors (Lipinski definition) is 4. The zero-order valence-electron chi connectivity index (χ0n) is 11.1. The van der Waals surface area contributed by atoms with Crippen molar-refractivity contribution in [3.8, 4) is 0 Å². The summed E-state index contributed by atoms with van der Waals surface area (Å²) in [6.07, 6.45) is 0. The van der Waals surface area contributed by atoms with E-state index in [-0.39, 0.29) is 22.0 Å². The van der Waals surface area contributed by atoms with Crippen molar-refractivity contribution in [2.24, 2.45) is 5.73 Å². The van der Waals surface area contributed by atoms with E-state index in [2.05, 4.69) is 4.72 Å². The molecule has 0 fully saturated rings. The molecule has 0 radical (unpaired) electrons. The van der Waals surface area contributed by atoms with Gasteiger partial charge in [0.1, 0.15) is 10.8 Å². The van der Waals surface area contributed by atoms with Gasteiger partial charge in [0.2, 0.25) is 10.0 Å². The van der Waals surface area contributed by atoms with Crippen molar-refractivity contribution < 1.29 is 12.8 Å². The second-order valence-electron chi connectivity index (χ2n) is 4.34. The smallest absolute Gasteiger partial charge is 0.240 e. The maximum atomic E-state index is 13.5. The fourth-order valence-electron chi connectivity index (χ4n) is 1.69. The molecule has 0 unspecified atom stereocenters. The second kappa shape index (κ2) is 6.18. The Morgan fingerprint density at radius 2 is 2.10 bits per heavy atom. The molecule has 4 nitrogen and oxygen atoms in total. The van der Waals surface area contributed by atoms with Crippen molar-refractivity contribution in [1.82, 2.24) is 4.72 Å². The largest absolute Gasteiger partial charge is 0.389 e. The zero-order chi connectivity index (χ0) is 15.6. The molecule has 3 N–H and O–H groups in total. The molecule has 0 aliphatic heterocycles. The molecule has 1 heterocycles. The lowest BCUT2D eigenvalue weighted by atomic mass is 10.2. The van der Waals surface area contributed by atoms with Crippen molar-refractivity contribution >= 4 is 38.6 Å². The van der Waals surface area contributed by atoms with E-state index < -0.39 is 15.8 Å².